The Morgan fingerprint density at radius 1 is 0.846 bits per heavy atom. The van der Waals surface area contributed by atoms with Gasteiger partial charge in [-0.1, -0.05) is 79.1 Å². The summed E-state index contributed by atoms with van der Waals surface area (Å²) in [5, 5.41) is 11.8. The first-order valence-electron chi connectivity index (χ1n) is 20.2. The highest BCUT2D eigenvalue weighted by Crippen LogP contribution is 2.65. The molecule has 5 aliphatic carbocycles. The summed E-state index contributed by atoms with van der Waals surface area (Å²) in [5.41, 5.74) is -1.12. The lowest BCUT2D eigenvalue weighted by Gasteiger charge is -2.40. The van der Waals surface area contributed by atoms with E-state index in [4.69, 9.17) is 0 Å². The molecule has 5 atom stereocenters. The Morgan fingerprint density at radius 3 is 2.08 bits per heavy atom. The number of fused-ring (bicyclic) bond motifs is 1. The van der Waals surface area contributed by atoms with Crippen molar-refractivity contribution in [3.8, 4) is 0 Å². The first-order chi connectivity index (χ1) is 24.7. The molecule has 52 heavy (non-hydrogen) atoms. The average molecular weight is 747 g/mol. The zero-order chi connectivity index (χ0) is 37.4. The number of rotatable bonds is 16. The van der Waals surface area contributed by atoms with E-state index in [0.717, 1.165) is 77.0 Å². The van der Waals surface area contributed by atoms with E-state index in [-0.39, 0.29) is 46.8 Å². The number of hydrogen-bond donors (Lipinski definition) is 4. The van der Waals surface area contributed by atoms with Crippen LogP contribution >= 0.6 is 0 Å². The second kappa shape index (κ2) is 15.5. The number of hydrogen-bond acceptors (Lipinski definition) is 7. The quantitative estimate of drug-likeness (QED) is 0.176. The fourth-order valence-electron chi connectivity index (χ4n) is 9.67. The van der Waals surface area contributed by atoms with Crippen LogP contribution in [0.5, 0.6) is 0 Å². The van der Waals surface area contributed by atoms with E-state index in [0.29, 0.717) is 38.9 Å². The number of nitrogens with one attached hydrogen (secondary N) is 4. The molecule has 1 saturated heterocycles. The van der Waals surface area contributed by atoms with Crippen molar-refractivity contribution < 1.29 is 32.4 Å². The lowest BCUT2D eigenvalue weighted by molar-refractivity contribution is -0.145. The topological polar surface area (TPSA) is 174 Å². The predicted molar refractivity (Wildman–Crippen MR) is 196 cm³/mol. The van der Waals surface area contributed by atoms with Crippen molar-refractivity contribution in [3.63, 3.8) is 0 Å². The zero-order valence-corrected chi connectivity index (χ0v) is 32.5. The molecule has 0 aromatic heterocycles. The molecule has 6 rings (SSSR count). The van der Waals surface area contributed by atoms with Gasteiger partial charge in [0.15, 0.2) is 0 Å². The van der Waals surface area contributed by atoms with Crippen LogP contribution < -0.4 is 21.3 Å². The van der Waals surface area contributed by atoms with Crippen molar-refractivity contribution in [2.75, 3.05) is 25.4 Å². The Kier molecular flexibility index (Phi) is 11.7. The summed E-state index contributed by atoms with van der Waals surface area (Å²) >= 11 is 0. The van der Waals surface area contributed by atoms with Crippen molar-refractivity contribution in [3.05, 3.63) is 0 Å². The molecular weight excluding hydrogens is 685 g/mol. The SMILES string of the molecule is CCN(CC)S(=O)(=O)CC1(NC(=O)N[C@H](C(=O)N2C[C@H]3[C@@H]([C@H]2C(=O)N[C@@H](CC2CC2)C(=O)C(=O)NC2CC2)C3(C)C)C2CCCCC2)CCCCC1. The number of Topliss-reactive ketones (excluding diaryl/α,β-unsaturated/α-hetero) is 1. The Labute approximate surface area is 309 Å². The lowest BCUT2D eigenvalue weighted by atomic mass is 9.82. The smallest absolute Gasteiger partial charge is 0.315 e. The highest BCUT2D eigenvalue weighted by molar-refractivity contribution is 7.89. The highest BCUT2D eigenvalue weighted by Gasteiger charge is 2.70. The maximum atomic E-state index is 14.8. The molecule has 0 bridgehead atoms. The van der Waals surface area contributed by atoms with Crippen molar-refractivity contribution in [1.29, 1.82) is 0 Å². The molecule has 13 nitrogen and oxygen atoms in total. The molecule has 6 fully saturated rings. The number of carbonyl (C=O) groups is 5. The summed E-state index contributed by atoms with van der Waals surface area (Å²) in [7, 11) is -3.64. The third kappa shape index (κ3) is 8.63. The Hall–Kier alpha value is -2.74. The molecule has 1 heterocycles. The molecule has 0 spiro atoms. The van der Waals surface area contributed by atoms with Gasteiger partial charge in [-0.3, -0.25) is 19.2 Å². The first kappa shape index (κ1) is 39.0. The lowest BCUT2D eigenvalue weighted by Crippen LogP contribution is -2.63. The normalized spacial score (nSPS) is 27.9. The van der Waals surface area contributed by atoms with Crippen LogP contribution in [0.4, 0.5) is 4.79 Å². The first-order valence-corrected chi connectivity index (χ1v) is 21.8. The Balaban J connectivity index is 1.21. The Morgan fingerprint density at radius 2 is 1.48 bits per heavy atom. The minimum absolute atomic E-state index is 0.0193. The van der Waals surface area contributed by atoms with E-state index < -0.39 is 57.3 Å². The molecule has 0 aromatic rings. The van der Waals surface area contributed by atoms with Crippen LogP contribution in [0.2, 0.25) is 0 Å². The molecule has 5 amide bonds. The van der Waals surface area contributed by atoms with E-state index in [1.54, 1.807) is 4.90 Å². The molecule has 4 N–H and O–H groups in total. The van der Waals surface area contributed by atoms with E-state index in [9.17, 15) is 32.4 Å². The molecule has 0 unspecified atom stereocenters. The van der Waals surface area contributed by atoms with E-state index >= 15 is 0 Å². The zero-order valence-electron chi connectivity index (χ0n) is 31.7. The van der Waals surface area contributed by atoms with Gasteiger partial charge in [0.25, 0.3) is 5.91 Å². The van der Waals surface area contributed by atoms with Crippen LogP contribution in [0.1, 0.15) is 124 Å². The molecular formula is C38H62N6O7S. The van der Waals surface area contributed by atoms with Gasteiger partial charge in [-0.05, 0) is 74.0 Å². The van der Waals surface area contributed by atoms with Crippen LogP contribution in [0.25, 0.3) is 0 Å². The Bertz CT molecular complexity index is 1480. The predicted octanol–water partition coefficient (Wildman–Crippen LogP) is 3.22. The molecule has 5 saturated carbocycles. The van der Waals surface area contributed by atoms with Gasteiger partial charge in [0.1, 0.15) is 12.1 Å². The number of carbonyl (C=O) groups excluding carboxylic acids is 5. The second-order valence-electron chi connectivity index (χ2n) is 17.4. The van der Waals surface area contributed by atoms with Gasteiger partial charge >= 0.3 is 6.03 Å². The number of nitrogens with zero attached hydrogens (tertiary/aromatic N) is 2. The summed E-state index contributed by atoms with van der Waals surface area (Å²) in [6, 6.07) is -3.19. The van der Waals surface area contributed by atoms with Crippen molar-refractivity contribution in [2.45, 2.75) is 154 Å². The maximum absolute atomic E-state index is 14.8. The van der Waals surface area contributed by atoms with Gasteiger partial charge in [-0.15, -0.1) is 0 Å². The van der Waals surface area contributed by atoms with Crippen LogP contribution in [0.3, 0.4) is 0 Å². The molecule has 1 aliphatic heterocycles. The van der Waals surface area contributed by atoms with Gasteiger partial charge in [0.05, 0.1) is 17.3 Å². The van der Waals surface area contributed by atoms with E-state index in [1.807, 2.05) is 13.8 Å². The largest absolute Gasteiger partial charge is 0.347 e. The van der Waals surface area contributed by atoms with E-state index in [1.165, 1.54) is 4.31 Å². The summed E-state index contributed by atoms with van der Waals surface area (Å²) in [6.07, 6.45) is 12.1. The van der Waals surface area contributed by atoms with Crippen molar-refractivity contribution in [2.24, 2.45) is 29.1 Å². The van der Waals surface area contributed by atoms with Crippen LogP contribution in [-0.2, 0) is 29.2 Å². The minimum Gasteiger partial charge on any atom is -0.347 e. The number of likely N-dealkylation sites (tertiary alicyclic amines) is 1. The van der Waals surface area contributed by atoms with Gasteiger partial charge in [-0.25, -0.2) is 17.5 Å². The summed E-state index contributed by atoms with van der Waals surface area (Å²) in [4.78, 5) is 70.8. The molecule has 14 heteroatoms. The fourth-order valence-corrected chi connectivity index (χ4v) is 11.7. The molecule has 6 aliphatic rings. The maximum Gasteiger partial charge on any atom is 0.315 e. The highest BCUT2D eigenvalue weighted by atomic mass is 32.2. The molecule has 292 valence electrons. The summed E-state index contributed by atoms with van der Waals surface area (Å²) in [5.74, 6) is -2.07. The fraction of sp³-hybridized carbons (Fsp3) is 0.868. The van der Waals surface area contributed by atoms with Gasteiger partial charge in [0, 0.05) is 25.7 Å². The third-order valence-electron chi connectivity index (χ3n) is 13.2. The minimum atomic E-state index is -3.64. The monoisotopic (exact) mass is 746 g/mol. The van der Waals surface area contributed by atoms with Crippen LogP contribution in [0, 0.1) is 29.1 Å². The third-order valence-corrected chi connectivity index (χ3v) is 15.4. The molecule has 0 aromatic carbocycles. The number of ketones is 1. The number of piperidine rings is 1. The number of sulfonamides is 1. The average Bonchev–Trinajstić information content (AvgIpc) is 4.07. The van der Waals surface area contributed by atoms with Crippen molar-refractivity contribution >= 4 is 39.6 Å². The van der Waals surface area contributed by atoms with Gasteiger partial charge in [-0.2, -0.15) is 0 Å². The summed E-state index contributed by atoms with van der Waals surface area (Å²) in [6.45, 7) is 8.89. The standard InChI is InChI=1S/C38H62N6O7S/c1-5-43(6-2)52(50,51)23-38(19-11-8-12-20-38)42-36(49)41-30(25-13-9-7-10-14-25)35(48)44-22-27-29(37(27,3)4)31(44)33(46)40-28(21-24-15-16-24)32(45)34(47)39-26-17-18-26/h24-31H,5-23H2,1-4H3,(H,39,47)(H,40,46)(H2,41,42,49)/t27-,28-,29-,30-,31-/m0/s1. The van der Waals surface area contributed by atoms with Crippen molar-refractivity contribution in [1.82, 2.24) is 30.5 Å². The molecule has 0 radical (unpaired) electrons. The van der Waals surface area contributed by atoms with Crippen LogP contribution in [0.15, 0.2) is 0 Å². The number of amides is 5. The van der Waals surface area contributed by atoms with Gasteiger partial charge < -0.3 is 26.2 Å². The summed E-state index contributed by atoms with van der Waals surface area (Å²) < 4.78 is 28.4. The van der Waals surface area contributed by atoms with E-state index in [2.05, 4.69) is 35.1 Å². The number of urea groups is 1. The van der Waals surface area contributed by atoms with Gasteiger partial charge in [0.2, 0.25) is 27.6 Å². The second-order valence-corrected chi connectivity index (χ2v) is 19.4. The van der Waals surface area contributed by atoms with Crippen LogP contribution in [-0.4, -0.2) is 102 Å².